The third-order valence-electron chi connectivity index (χ3n) is 5.06. The van der Waals surface area contributed by atoms with E-state index in [1.807, 2.05) is 30.3 Å². The fourth-order valence-corrected chi connectivity index (χ4v) is 3.45. The van der Waals surface area contributed by atoms with Gasteiger partial charge in [-0.3, -0.25) is 19.5 Å². The molecular weight excluding hydrogens is 382 g/mol. The van der Waals surface area contributed by atoms with Crippen LogP contribution in [0.2, 0.25) is 0 Å². The average Bonchev–Trinajstić information content (AvgIpc) is 3.27. The van der Waals surface area contributed by atoms with E-state index >= 15 is 0 Å². The van der Waals surface area contributed by atoms with Crippen molar-refractivity contribution in [3.63, 3.8) is 0 Å². The van der Waals surface area contributed by atoms with Crippen LogP contribution in [0.15, 0.2) is 65.4 Å². The quantitative estimate of drug-likeness (QED) is 0.654. The lowest BCUT2D eigenvalue weighted by Crippen LogP contribution is -2.46. The Bertz CT molecular complexity index is 982. The van der Waals surface area contributed by atoms with Crippen LogP contribution in [0.1, 0.15) is 23.3 Å². The molecule has 0 unspecified atom stereocenters. The van der Waals surface area contributed by atoms with Gasteiger partial charge < -0.3 is 15.2 Å². The van der Waals surface area contributed by atoms with Gasteiger partial charge in [-0.25, -0.2) is 0 Å². The molecule has 0 aliphatic carbocycles. The molecule has 1 fully saturated rings. The minimum atomic E-state index is -0.251. The fraction of sp³-hybridized carbons (Fsp3) is 0.273. The first-order valence-corrected chi connectivity index (χ1v) is 9.92. The lowest BCUT2D eigenvalue weighted by molar-refractivity contribution is -0.117. The summed E-state index contributed by atoms with van der Waals surface area (Å²) in [7, 11) is 0. The van der Waals surface area contributed by atoms with Crippen LogP contribution >= 0.6 is 0 Å². The van der Waals surface area contributed by atoms with Crippen molar-refractivity contribution in [2.45, 2.75) is 18.9 Å². The van der Waals surface area contributed by atoms with Gasteiger partial charge in [0, 0.05) is 48.8 Å². The lowest BCUT2D eigenvalue weighted by atomic mass is 10.0. The molecule has 0 atom stereocenters. The van der Waals surface area contributed by atoms with Crippen molar-refractivity contribution in [2.75, 3.05) is 25.0 Å². The van der Waals surface area contributed by atoms with Gasteiger partial charge >= 0.3 is 0 Å². The van der Waals surface area contributed by atoms with E-state index in [-0.39, 0.29) is 23.6 Å². The number of nitrogens with zero attached hydrogens (tertiary/aromatic N) is 3. The first-order valence-electron chi connectivity index (χ1n) is 9.92. The second-order valence-electron chi connectivity index (χ2n) is 7.25. The Balaban J connectivity index is 1.23. The summed E-state index contributed by atoms with van der Waals surface area (Å²) >= 11 is 0. The Labute approximate surface area is 174 Å². The van der Waals surface area contributed by atoms with Crippen molar-refractivity contribution in [3.8, 4) is 11.3 Å². The molecule has 3 heterocycles. The highest BCUT2D eigenvalue weighted by Gasteiger charge is 2.24. The molecule has 8 nitrogen and oxygen atoms in total. The second kappa shape index (κ2) is 9.32. The largest absolute Gasteiger partial charge is 0.355 e. The Morgan fingerprint density at radius 2 is 1.80 bits per heavy atom. The van der Waals surface area contributed by atoms with Crippen molar-refractivity contribution in [1.82, 2.24) is 20.4 Å². The molecule has 4 rings (SSSR count). The van der Waals surface area contributed by atoms with E-state index < -0.39 is 0 Å². The molecule has 2 amide bonds. The minimum Gasteiger partial charge on any atom is -0.355 e. The molecular formula is C22H23N5O3. The van der Waals surface area contributed by atoms with E-state index in [0.717, 1.165) is 37.2 Å². The van der Waals surface area contributed by atoms with Gasteiger partial charge in [0.25, 0.3) is 5.91 Å². The molecule has 154 valence electrons. The van der Waals surface area contributed by atoms with Crippen molar-refractivity contribution >= 4 is 17.5 Å². The number of carbonyl (C=O) groups is 2. The molecule has 1 saturated heterocycles. The van der Waals surface area contributed by atoms with Gasteiger partial charge in [0.1, 0.15) is 0 Å². The summed E-state index contributed by atoms with van der Waals surface area (Å²) in [5.74, 6) is 0.246. The molecule has 0 spiro atoms. The second-order valence-corrected chi connectivity index (χ2v) is 7.25. The number of likely N-dealkylation sites (tertiary alicyclic amines) is 1. The van der Waals surface area contributed by atoms with Crippen LogP contribution in [-0.2, 0) is 4.79 Å². The van der Waals surface area contributed by atoms with Crippen molar-refractivity contribution in [1.29, 1.82) is 0 Å². The number of carbonyl (C=O) groups excluding carboxylic acids is 2. The Kier molecular flexibility index (Phi) is 6.14. The van der Waals surface area contributed by atoms with Gasteiger partial charge in [-0.05, 0) is 37.1 Å². The summed E-state index contributed by atoms with van der Waals surface area (Å²) in [5, 5.41) is 9.79. The van der Waals surface area contributed by atoms with E-state index in [4.69, 9.17) is 4.52 Å². The van der Waals surface area contributed by atoms with Gasteiger partial charge in [0.15, 0.2) is 11.5 Å². The minimum absolute atomic E-state index is 0.0325. The molecule has 8 heteroatoms. The zero-order chi connectivity index (χ0) is 20.8. The van der Waals surface area contributed by atoms with Gasteiger partial charge in [0.05, 0.1) is 6.54 Å². The highest BCUT2D eigenvalue weighted by Crippen LogP contribution is 2.19. The van der Waals surface area contributed by atoms with Gasteiger partial charge in [0.2, 0.25) is 5.91 Å². The molecule has 2 N–H and O–H groups in total. The number of amides is 2. The van der Waals surface area contributed by atoms with E-state index in [9.17, 15) is 9.59 Å². The predicted octanol–water partition coefficient (Wildman–Crippen LogP) is 2.57. The summed E-state index contributed by atoms with van der Waals surface area (Å²) < 4.78 is 5.28. The van der Waals surface area contributed by atoms with Crippen molar-refractivity contribution in [3.05, 3.63) is 66.6 Å². The number of hydrogen-bond donors (Lipinski definition) is 2. The molecule has 0 radical (unpaired) electrons. The average molecular weight is 405 g/mol. The maximum Gasteiger partial charge on any atom is 0.273 e. The normalized spacial score (nSPS) is 14.9. The number of aromatic nitrogens is 2. The molecule has 2 aromatic heterocycles. The summed E-state index contributed by atoms with van der Waals surface area (Å²) in [4.78, 5) is 30.8. The van der Waals surface area contributed by atoms with E-state index in [1.54, 1.807) is 30.6 Å². The smallest absolute Gasteiger partial charge is 0.273 e. The molecule has 1 aliphatic rings. The summed E-state index contributed by atoms with van der Waals surface area (Å²) in [6.45, 7) is 1.83. The molecule has 0 saturated carbocycles. The van der Waals surface area contributed by atoms with Crippen LogP contribution in [0, 0.1) is 0 Å². The number of para-hydroxylation sites is 1. The van der Waals surface area contributed by atoms with Crippen LogP contribution < -0.4 is 10.6 Å². The summed E-state index contributed by atoms with van der Waals surface area (Å²) in [5.41, 5.74) is 1.87. The van der Waals surface area contributed by atoms with Crippen molar-refractivity contribution < 1.29 is 14.1 Å². The number of pyridine rings is 1. The maximum absolute atomic E-state index is 12.5. The highest BCUT2D eigenvalue weighted by molar-refractivity contribution is 5.93. The van der Waals surface area contributed by atoms with Crippen LogP contribution in [-0.4, -0.2) is 52.5 Å². The van der Waals surface area contributed by atoms with Gasteiger partial charge in [-0.2, -0.15) is 0 Å². The van der Waals surface area contributed by atoms with E-state index in [1.165, 1.54) is 0 Å². The third-order valence-corrected chi connectivity index (χ3v) is 5.06. The first kappa shape index (κ1) is 19.8. The number of benzene rings is 1. The number of rotatable bonds is 6. The standard InChI is InChI=1S/C22H23N5O3/c28-21(24-17-4-2-1-3-5-17)15-27-12-8-18(9-13-27)25-22(29)19-14-20(30-26-19)16-6-10-23-11-7-16/h1-7,10-11,14,18H,8-9,12-13,15H2,(H,24,28)(H,25,29). The monoisotopic (exact) mass is 405 g/mol. The zero-order valence-electron chi connectivity index (χ0n) is 16.5. The van der Waals surface area contributed by atoms with Gasteiger partial charge in [-0.1, -0.05) is 23.4 Å². The van der Waals surface area contributed by atoms with Crippen molar-refractivity contribution in [2.24, 2.45) is 0 Å². The number of nitrogens with one attached hydrogen (secondary N) is 2. The molecule has 30 heavy (non-hydrogen) atoms. The lowest BCUT2D eigenvalue weighted by Gasteiger charge is -2.31. The topological polar surface area (TPSA) is 100 Å². The highest BCUT2D eigenvalue weighted by atomic mass is 16.5. The van der Waals surface area contributed by atoms with Gasteiger partial charge in [-0.15, -0.1) is 0 Å². The number of piperidine rings is 1. The SMILES string of the molecule is O=C(CN1CCC(NC(=O)c2cc(-c3ccncc3)on2)CC1)Nc1ccccc1. The molecule has 1 aromatic carbocycles. The third kappa shape index (κ3) is 5.09. The molecule has 1 aliphatic heterocycles. The van der Waals surface area contributed by atoms with Crippen LogP contribution in [0.4, 0.5) is 5.69 Å². The Hall–Kier alpha value is -3.52. The summed E-state index contributed by atoms with van der Waals surface area (Å²) in [6.07, 6.45) is 4.87. The molecule has 0 bridgehead atoms. The maximum atomic E-state index is 12.5. The van der Waals surface area contributed by atoms with E-state index in [2.05, 4.69) is 25.7 Å². The van der Waals surface area contributed by atoms with Crippen LogP contribution in [0.25, 0.3) is 11.3 Å². The molecule has 3 aromatic rings. The van der Waals surface area contributed by atoms with Crippen LogP contribution in [0.5, 0.6) is 0 Å². The Morgan fingerprint density at radius 3 is 2.53 bits per heavy atom. The summed E-state index contributed by atoms with van der Waals surface area (Å²) in [6, 6.07) is 14.7. The van der Waals surface area contributed by atoms with E-state index in [0.29, 0.717) is 12.3 Å². The number of anilines is 1. The van der Waals surface area contributed by atoms with Crippen LogP contribution in [0.3, 0.4) is 0 Å². The first-order chi connectivity index (χ1) is 14.7. The Morgan fingerprint density at radius 1 is 1.07 bits per heavy atom. The zero-order valence-corrected chi connectivity index (χ0v) is 16.5. The number of hydrogen-bond acceptors (Lipinski definition) is 6. The fourth-order valence-electron chi connectivity index (χ4n) is 3.45. The predicted molar refractivity (Wildman–Crippen MR) is 112 cm³/mol.